The number of nitrogens with zero attached hydrogens (tertiary/aromatic N) is 5. The van der Waals surface area contributed by atoms with Crippen molar-refractivity contribution in [3.8, 4) is 0 Å². The number of hydrogen-bond acceptors (Lipinski definition) is 5. The molecule has 2 aliphatic rings. The van der Waals surface area contributed by atoms with Crippen molar-refractivity contribution >= 4 is 22.9 Å². The Morgan fingerprint density at radius 2 is 1.53 bits per heavy atom. The van der Waals surface area contributed by atoms with E-state index in [1.54, 1.807) is 0 Å². The lowest BCUT2D eigenvalue weighted by molar-refractivity contribution is -0.137. The molecule has 2 saturated heterocycles. The monoisotopic (exact) mass is 598 g/mol. The predicted octanol–water partition coefficient (Wildman–Crippen LogP) is 6.48. The fraction of sp³-hybridized carbons (Fsp3) is 0.342. The van der Waals surface area contributed by atoms with Crippen LogP contribution in [0.4, 0.5) is 5.95 Å². The van der Waals surface area contributed by atoms with Gasteiger partial charge in [-0.3, -0.25) is 9.78 Å². The van der Waals surface area contributed by atoms with E-state index in [4.69, 9.17) is 4.98 Å². The number of likely N-dealkylation sites (tertiary alicyclic amines) is 2. The van der Waals surface area contributed by atoms with E-state index < -0.39 is 0 Å². The lowest BCUT2D eigenvalue weighted by atomic mass is 9.77. The van der Waals surface area contributed by atoms with Crippen LogP contribution in [0.5, 0.6) is 0 Å². The van der Waals surface area contributed by atoms with Gasteiger partial charge in [0.25, 0.3) is 0 Å². The van der Waals surface area contributed by atoms with Crippen molar-refractivity contribution in [2.24, 2.45) is 5.41 Å². The standard InChI is InChI=1S/C38H42N6O/c45-36-38(26-30-10-3-1-4-11-30,20-25-43(36)28-31-12-5-2-6-13-31)19-24-42-22-17-33(18-23-42)44(29-32-14-9-21-39-27-32)37-40-34-15-7-8-16-35(34)41-37/h1-16,21,27,33H,17-20,22-26,28-29H2,(H,40,41). The number of aromatic nitrogens is 3. The van der Waals surface area contributed by atoms with Gasteiger partial charge in [-0.05, 0) is 73.5 Å². The summed E-state index contributed by atoms with van der Waals surface area (Å²) in [6.07, 6.45) is 8.49. The molecule has 1 N–H and O–H groups in total. The van der Waals surface area contributed by atoms with Gasteiger partial charge in [-0.1, -0.05) is 78.9 Å². The average Bonchev–Trinajstić information content (AvgIpc) is 3.65. The molecule has 5 aromatic rings. The largest absolute Gasteiger partial charge is 0.338 e. The number of carbonyl (C=O) groups is 1. The summed E-state index contributed by atoms with van der Waals surface area (Å²) in [5.74, 6) is 1.24. The Balaban J connectivity index is 1.04. The second kappa shape index (κ2) is 13.2. The van der Waals surface area contributed by atoms with Crippen LogP contribution in [0.25, 0.3) is 11.0 Å². The van der Waals surface area contributed by atoms with Gasteiger partial charge in [0.05, 0.1) is 16.4 Å². The molecule has 1 atom stereocenters. The molecular weight excluding hydrogens is 556 g/mol. The second-order valence-electron chi connectivity index (χ2n) is 12.8. The summed E-state index contributed by atoms with van der Waals surface area (Å²) in [6.45, 7) is 5.25. The van der Waals surface area contributed by atoms with Crippen molar-refractivity contribution in [2.45, 2.75) is 51.2 Å². The van der Waals surface area contributed by atoms with E-state index in [0.717, 1.165) is 81.8 Å². The quantitative estimate of drug-likeness (QED) is 0.189. The Hall–Kier alpha value is -4.49. The zero-order valence-corrected chi connectivity index (χ0v) is 25.9. The van der Waals surface area contributed by atoms with Crippen molar-refractivity contribution in [1.82, 2.24) is 24.8 Å². The third kappa shape index (κ3) is 6.64. The number of hydrogen-bond donors (Lipinski definition) is 1. The van der Waals surface area contributed by atoms with Crippen LogP contribution in [0.2, 0.25) is 0 Å². The van der Waals surface area contributed by atoms with Crippen LogP contribution < -0.4 is 4.90 Å². The molecule has 7 nitrogen and oxygen atoms in total. The molecule has 1 amide bonds. The van der Waals surface area contributed by atoms with Crippen LogP contribution in [0, 0.1) is 5.41 Å². The van der Waals surface area contributed by atoms with Crippen LogP contribution in [0.15, 0.2) is 109 Å². The minimum atomic E-state index is -0.354. The van der Waals surface area contributed by atoms with Crippen LogP contribution >= 0.6 is 0 Å². The Morgan fingerprint density at radius 3 is 2.27 bits per heavy atom. The third-order valence-electron chi connectivity index (χ3n) is 9.83. The van der Waals surface area contributed by atoms with Gasteiger partial charge in [0.1, 0.15) is 0 Å². The molecule has 230 valence electrons. The molecule has 0 saturated carbocycles. The Bertz CT molecular complexity index is 1650. The van der Waals surface area contributed by atoms with Gasteiger partial charge in [-0.2, -0.15) is 0 Å². The van der Waals surface area contributed by atoms with Gasteiger partial charge in [0, 0.05) is 51.2 Å². The summed E-state index contributed by atoms with van der Waals surface area (Å²) in [6, 6.07) is 33.8. The number of H-pyrrole nitrogens is 1. The van der Waals surface area contributed by atoms with Gasteiger partial charge in [-0.15, -0.1) is 0 Å². The highest BCUT2D eigenvalue weighted by Crippen LogP contribution is 2.40. The molecule has 2 aliphatic heterocycles. The first-order valence-corrected chi connectivity index (χ1v) is 16.4. The molecule has 0 bridgehead atoms. The van der Waals surface area contributed by atoms with E-state index in [1.165, 1.54) is 16.7 Å². The fourth-order valence-corrected chi connectivity index (χ4v) is 7.29. The van der Waals surface area contributed by atoms with E-state index in [0.29, 0.717) is 18.5 Å². The van der Waals surface area contributed by atoms with Crippen molar-refractivity contribution in [1.29, 1.82) is 0 Å². The maximum atomic E-state index is 14.1. The predicted molar refractivity (Wildman–Crippen MR) is 180 cm³/mol. The number of anilines is 1. The van der Waals surface area contributed by atoms with E-state index in [2.05, 4.69) is 104 Å². The third-order valence-corrected chi connectivity index (χ3v) is 9.83. The van der Waals surface area contributed by atoms with Gasteiger partial charge in [-0.25, -0.2) is 4.98 Å². The van der Waals surface area contributed by atoms with Crippen LogP contribution in [-0.2, 0) is 24.3 Å². The number of piperidine rings is 1. The Morgan fingerprint density at radius 1 is 0.822 bits per heavy atom. The number of para-hydroxylation sites is 2. The zero-order chi connectivity index (χ0) is 30.5. The summed E-state index contributed by atoms with van der Waals surface area (Å²) in [5.41, 5.74) is 5.34. The first-order valence-electron chi connectivity index (χ1n) is 16.4. The van der Waals surface area contributed by atoms with Crippen molar-refractivity contribution < 1.29 is 4.79 Å². The van der Waals surface area contributed by atoms with Gasteiger partial charge in [0.2, 0.25) is 11.9 Å². The highest BCUT2D eigenvalue weighted by atomic mass is 16.2. The van der Waals surface area contributed by atoms with Crippen LogP contribution in [0.1, 0.15) is 42.4 Å². The molecule has 7 heteroatoms. The number of rotatable bonds is 11. The molecule has 2 aromatic heterocycles. The minimum absolute atomic E-state index is 0.317. The summed E-state index contributed by atoms with van der Waals surface area (Å²) in [4.78, 5) is 34.2. The summed E-state index contributed by atoms with van der Waals surface area (Å²) in [5, 5.41) is 0. The second-order valence-corrected chi connectivity index (χ2v) is 12.8. The topological polar surface area (TPSA) is 68.4 Å². The number of imidazole rings is 1. The van der Waals surface area contributed by atoms with E-state index >= 15 is 0 Å². The molecular formula is C38H42N6O. The molecule has 4 heterocycles. The summed E-state index contributed by atoms with van der Waals surface area (Å²) < 4.78 is 0. The smallest absolute Gasteiger partial charge is 0.229 e. The molecule has 0 spiro atoms. The zero-order valence-electron chi connectivity index (χ0n) is 25.9. The van der Waals surface area contributed by atoms with Crippen molar-refractivity contribution in [3.05, 3.63) is 126 Å². The SMILES string of the molecule is O=C1N(Cc2ccccc2)CCC1(CCN1CCC(N(Cc2cccnc2)c2nc3ccccc3[nH]2)CC1)Cc1ccccc1. The Labute approximate surface area is 265 Å². The van der Waals surface area contributed by atoms with E-state index in [-0.39, 0.29) is 5.41 Å². The van der Waals surface area contributed by atoms with Gasteiger partial charge >= 0.3 is 0 Å². The first kappa shape index (κ1) is 29.2. The first-order chi connectivity index (χ1) is 22.1. The highest BCUT2D eigenvalue weighted by Gasteiger charge is 2.46. The summed E-state index contributed by atoms with van der Waals surface area (Å²) >= 11 is 0. The van der Waals surface area contributed by atoms with Crippen LogP contribution in [0.3, 0.4) is 0 Å². The molecule has 3 aromatic carbocycles. The van der Waals surface area contributed by atoms with Crippen molar-refractivity contribution in [3.63, 3.8) is 0 Å². The fourth-order valence-electron chi connectivity index (χ4n) is 7.29. The summed E-state index contributed by atoms with van der Waals surface area (Å²) in [7, 11) is 0. The van der Waals surface area contributed by atoms with E-state index in [9.17, 15) is 4.79 Å². The molecule has 45 heavy (non-hydrogen) atoms. The number of amides is 1. The average molecular weight is 599 g/mol. The molecule has 0 aliphatic carbocycles. The molecule has 1 unspecified atom stereocenters. The molecule has 0 radical (unpaired) electrons. The highest BCUT2D eigenvalue weighted by molar-refractivity contribution is 5.85. The minimum Gasteiger partial charge on any atom is -0.338 e. The normalized spacial score (nSPS) is 19.4. The Kier molecular flexibility index (Phi) is 8.61. The number of aromatic amines is 1. The maximum Gasteiger partial charge on any atom is 0.229 e. The maximum absolute atomic E-state index is 14.1. The van der Waals surface area contributed by atoms with Gasteiger partial charge in [0.15, 0.2) is 0 Å². The lowest BCUT2D eigenvalue weighted by Gasteiger charge is -2.39. The number of pyridine rings is 1. The number of carbonyl (C=O) groups excluding carboxylic acids is 1. The lowest BCUT2D eigenvalue weighted by Crippen LogP contribution is -2.46. The van der Waals surface area contributed by atoms with Crippen molar-refractivity contribution in [2.75, 3.05) is 31.1 Å². The number of fused-ring (bicyclic) bond motifs is 1. The number of nitrogens with one attached hydrogen (secondary N) is 1. The molecule has 7 rings (SSSR count). The molecule has 2 fully saturated rings. The van der Waals surface area contributed by atoms with Gasteiger partial charge < -0.3 is 19.7 Å². The van der Waals surface area contributed by atoms with E-state index in [1.807, 2.05) is 30.6 Å². The van der Waals surface area contributed by atoms with Crippen LogP contribution in [-0.4, -0.2) is 62.9 Å². The number of benzene rings is 3.